The van der Waals surface area contributed by atoms with Gasteiger partial charge >= 0.3 is 0 Å². The topological polar surface area (TPSA) is 25.8 Å². The minimum absolute atomic E-state index is 0.627. The van der Waals surface area contributed by atoms with Crippen molar-refractivity contribution in [2.75, 3.05) is 6.26 Å². The first kappa shape index (κ1) is 8.58. The molecule has 1 heterocycles. The summed E-state index contributed by atoms with van der Waals surface area (Å²) in [6.45, 7) is 0. The van der Waals surface area contributed by atoms with Gasteiger partial charge in [0.05, 0.1) is 12.4 Å². The first-order chi connectivity index (χ1) is 6.38. The van der Waals surface area contributed by atoms with Crippen LogP contribution in [0.3, 0.4) is 0 Å². The fraction of sp³-hybridized carbons (Fsp3) is 0.400. The summed E-state index contributed by atoms with van der Waals surface area (Å²) in [5.41, 5.74) is 0.782. The van der Waals surface area contributed by atoms with Gasteiger partial charge in [-0.2, -0.15) is 0 Å². The number of hydrogen-bond acceptors (Lipinski definition) is 3. The van der Waals surface area contributed by atoms with E-state index >= 15 is 0 Å². The van der Waals surface area contributed by atoms with E-state index in [0.717, 1.165) is 10.7 Å². The summed E-state index contributed by atoms with van der Waals surface area (Å²) in [5.74, 6) is 6.80. The van der Waals surface area contributed by atoms with E-state index in [4.69, 9.17) is 0 Å². The van der Waals surface area contributed by atoms with Crippen LogP contribution in [0.15, 0.2) is 17.4 Å². The van der Waals surface area contributed by atoms with E-state index in [1.54, 1.807) is 24.2 Å². The molecule has 2 rings (SSSR count). The largest absolute Gasteiger partial charge is 0.245 e. The van der Waals surface area contributed by atoms with E-state index in [9.17, 15) is 0 Å². The molecule has 66 valence electrons. The monoisotopic (exact) mass is 190 g/mol. The highest BCUT2D eigenvalue weighted by Gasteiger charge is 2.17. The minimum atomic E-state index is 0.627. The van der Waals surface area contributed by atoms with E-state index < -0.39 is 0 Å². The van der Waals surface area contributed by atoms with Crippen molar-refractivity contribution in [1.29, 1.82) is 0 Å². The molecule has 0 aromatic carbocycles. The number of thioether (sulfide) groups is 1. The van der Waals surface area contributed by atoms with E-state index in [0.29, 0.717) is 5.92 Å². The van der Waals surface area contributed by atoms with Gasteiger partial charge in [0.25, 0.3) is 0 Å². The molecule has 0 saturated heterocycles. The first-order valence-corrected chi connectivity index (χ1v) is 5.48. The lowest BCUT2D eigenvalue weighted by Gasteiger charge is -1.92. The third kappa shape index (κ3) is 2.46. The van der Waals surface area contributed by atoms with Crippen LogP contribution in [0.1, 0.15) is 18.5 Å². The summed E-state index contributed by atoms with van der Waals surface area (Å²) >= 11 is 1.59. The minimum Gasteiger partial charge on any atom is -0.245 e. The molecule has 1 saturated carbocycles. The molecule has 1 aromatic heterocycles. The van der Waals surface area contributed by atoms with E-state index in [1.807, 2.05) is 6.26 Å². The second-order valence-electron chi connectivity index (χ2n) is 2.99. The molecule has 1 fully saturated rings. The van der Waals surface area contributed by atoms with Crippen molar-refractivity contribution < 1.29 is 0 Å². The zero-order chi connectivity index (χ0) is 9.10. The van der Waals surface area contributed by atoms with Crippen LogP contribution in [0, 0.1) is 17.8 Å². The molecule has 0 unspecified atom stereocenters. The van der Waals surface area contributed by atoms with Crippen LogP contribution in [0.4, 0.5) is 0 Å². The predicted octanol–water partition coefficient (Wildman–Crippen LogP) is 1.96. The molecule has 2 nitrogen and oxygen atoms in total. The quantitative estimate of drug-likeness (QED) is 0.500. The van der Waals surface area contributed by atoms with Gasteiger partial charge in [0.1, 0.15) is 10.7 Å². The number of rotatable bonds is 1. The molecule has 0 spiro atoms. The zero-order valence-corrected chi connectivity index (χ0v) is 8.27. The lowest BCUT2D eigenvalue weighted by atomic mass is 10.4. The van der Waals surface area contributed by atoms with Gasteiger partial charge in [-0.1, -0.05) is 5.92 Å². The van der Waals surface area contributed by atoms with Crippen LogP contribution in [-0.4, -0.2) is 16.2 Å². The second kappa shape index (κ2) is 3.80. The highest BCUT2D eigenvalue weighted by atomic mass is 32.2. The summed E-state index contributed by atoms with van der Waals surface area (Å²) in [5, 5.41) is 0.942. The predicted molar refractivity (Wildman–Crippen MR) is 53.4 cm³/mol. The van der Waals surface area contributed by atoms with Gasteiger partial charge < -0.3 is 0 Å². The number of nitrogens with zero attached hydrogens (tertiary/aromatic N) is 2. The summed E-state index contributed by atoms with van der Waals surface area (Å²) in [7, 11) is 0. The van der Waals surface area contributed by atoms with Crippen LogP contribution in [-0.2, 0) is 0 Å². The SMILES string of the molecule is CSc1cnc(C#CC2CC2)cn1. The van der Waals surface area contributed by atoms with E-state index in [1.165, 1.54) is 12.8 Å². The first-order valence-electron chi connectivity index (χ1n) is 4.26. The maximum absolute atomic E-state index is 4.19. The Labute approximate surface area is 82.2 Å². The lowest BCUT2D eigenvalue weighted by molar-refractivity contribution is 1.04. The second-order valence-corrected chi connectivity index (χ2v) is 3.81. The Kier molecular flexibility index (Phi) is 2.51. The number of hydrogen-bond donors (Lipinski definition) is 0. The van der Waals surface area contributed by atoms with Crippen molar-refractivity contribution in [3.8, 4) is 11.8 Å². The smallest absolute Gasteiger partial charge is 0.131 e. The maximum Gasteiger partial charge on any atom is 0.131 e. The Morgan fingerprint density at radius 2 is 2.23 bits per heavy atom. The Hall–Kier alpha value is -1.01. The highest BCUT2D eigenvalue weighted by Crippen LogP contribution is 2.27. The van der Waals surface area contributed by atoms with Crippen molar-refractivity contribution in [3.05, 3.63) is 18.1 Å². The van der Waals surface area contributed by atoms with Crippen molar-refractivity contribution >= 4 is 11.8 Å². The molecule has 1 aromatic rings. The van der Waals surface area contributed by atoms with Gasteiger partial charge in [-0.25, -0.2) is 9.97 Å². The summed E-state index contributed by atoms with van der Waals surface area (Å²) < 4.78 is 0. The van der Waals surface area contributed by atoms with Crippen LogP contribution >= 0.6 is 11.8 Å². The average Bonchev–Trinajstić information content (AvgIpc) is 2.99. The van der Waals surface area contributed by atoms with Gasteiger partial charge in [-0.15, -0.1) is 11.8 Å². The zero-order valence-electron chi connectivity index (χ0n) is 7.45. The Balaban J connectivity index is 2.09. The Bertz CT molecular complexity index is 343. The average molecular weight is 190 g/mol. The molecule has 0 radical (unpaired) electrons. The highest BCUT2D eigenvalue weighted by molar-refractivity contribution is 7.98. The fourth-order valence-corrected chi connectivity index (χ4v) is 1.21. The molecule has 13 heavy (non-hydrogen) atoms. The molecule has 0 amide bonds. The molecule has 1 aliphatic carbocycles. The van der Waals surface area contributed by atoms with Crippen LogP contribution < -0.4 is 0 Å². The van der Waals surface area contributed by atoms with Crippen molar-refractivity contribution in [1.82, 2.24) is 9.97 Å². The van der Waals surface area contributed by atoms with Gasteiger partial charge in [0.2, 0.25) is 0 Å². The summed E-state index contributed by atoms with van der Waals surface area (Å²) in [6.07, 6.45) is 8.00. The number of aromatic nitrogens is 2. The van der Waals surface area contributed by atoms with Gasteiger partial charge in [-0.3, -0.25) is 0 Å². The molecular formula is C10H10N2S. The maximum atomic E-state index is 4.19. The standard InChI is InChI=1S/C10H10N2S/c1-13-10-7-11-9(6-12-10)5-4-8-2-3-8/h6-8H,2-3H2,1H3. The lowest BCUT2D eigenvalue weighted by Crippen LogP contribution is -1.86. The third-order valence-electron chi connectivity index (χ3n) is 1.82. The Morgan fingerprint density at radius 3 is 2.77 bits per heavy atom. The molecule has 0 bridgehead atoms. The summed E-state index contributed by atoms with van der Waals surface area (Å²) in [6, 6.07) is 0. The molecule has 0 aliphatic heterocycles. The molecule has 1 aliphatic rings. The Morgan fingerprint density at radius 1 is 1.38 bits per heavy atom. The normalized spacial score (nSPS) is 14.8. The van der Waals surface area contributed by atoms with E-state index in [2.05, 4.69) is 21.8 Å². The fourth-order valence-electron chi connectivity index (χ4n) is 0.890. The molecule has 3 heteroatoms. The van der Waals surface area contributed by atoms with E-state index in [-0.39, 0.29) is 0 Å². The van der Waals surface area contributed by atoms with Gasteiger partial charge in [0.15, 0.2) is 0 Å². The van der Waals surface area contributed by atoms with Gasteiger partial charge in [0, 0.05) is 5.92 Å². The molecular weight excluding hydrogens is 180 g/mol. The van der Waals surface area contributed by atoms with Crippen LogP contribution in [0.2, 0.25) is 0 Å². The van der Waals surface area contributed by atoms with Gasteiger partial charge in [-0.05, 0) is 25.0 Å². The third-order valence-corrected chi connectivity index (χ3v) is 2.45. The van der Waals surface area contributed by atoms with Crippen molar-refractivity contribution in [2.24, 2.45) is 5.92 Å². The van der Waals surface area contributed by atoms with Crippen molar-refractivity contribution in [3.63, 3.8) is 0 Å². The molecule has 0 atom stereocenters. The summed E-state index contributed by atoms with van der Waals surface area (Å²) in [4.78, 5) is 8.39. The van der Waals surface area contributed by atoms with Crippen LogP contribution in [0.5, 0.6) is 0 Å². The van der Waals surface area contributed by atoms with Crippen molar-refractivity contribution in [2.45, 2.75) is 17.9 Å². The molecule has 0 N–H and O–H groups in total. The van der Waals surface area contributed by atoms with Crippen LogP contribution in [0.25, 0.3) is 0 Å².